The van der Waals surface area contributed by atoms with Gasteiger partial charge in [-0.1, -0.05) is 12.1 Å². The normalized spacial score (nSPS) is 23.7. The Morgan fingerprint density at radius 3 is 2.69 bits per heavy atom. The van der Waals surface area contributed by atoms with Crippen LogP contribution in [0.25, 0.3) is 0 Å². The van der Waals surface area contributed by atoms with Crippen molar-refractivity contribution in [2.75, 3.05) is 0 Å². The molecule has 2 N–H and O–H groups in total. The third-order valence-electron chi connectivity index (χ3n) is 2.77. The smallest absolute Gasteiger partial charge is 0.308 e. The van der Waals surface area contributed by atoms with Crippen LogP contribution in [0.4, 0.5) is 0 Å². The van der Waals surface area contributed by atoms with Crippen LogP contribution >= 0.6 is 0 Å². The number of carbonyl (C=O) groups is 1. The molecular weight excluding hydrogens is 208 g/mol. The average Bonchev–Trinajstić information content (AvgIpc) is 2.20. The highest BCUT2D eigenvalue weighted by atomic mass is 16.5. The molecule has 0 spiro atoms. The van der Waals surface area contributed by atoms with Crippen LogP contribution in [-0.2, 0) is 17.6 Å². The van der Waals surface area contributed by atoms with Crippen LogP contribution < -0.4 is 4.74 Å². The maximum atomic E-state index is 10.9. The Hall–Kier alpha value is -1.39. The Morgan fingerprint density at radius 2 is 2.00 bits per heavy atom. The third kappa shape index (κ3) is 2.08. The number of benzene rings is 1. The molecule has 4 heteroatoms. The molecule has 16 heavy (non-hydrogen) atoms. The number of carbonyl (C=O) groups excluding carboxylic acids is 1. The molecule has 0 fully saturated rings. The first-order chi connectivity index (χ1) is 7.58. The van der Waals surface area contributed by atoms with Crippen LogP contribution in [0, 0.1) is 0 Å². The van der Waals surface area contributed by atoms with Crippen molar-refractivity contribution in [2.45, 2.75) is 32.0 Å². The van der Waals surface area contributed by atoms with Crippen LogP contribution in [0.2, 0.25) is 0 Å². The Labute approximate surface area is 93.5 Å². The Kier molecular flexibility index (Phi) is 2.94. The van der Waals surface area contributed by atoms with E-state index in [0.29, 0.717) is 18.6 Å². The van der Waals surface area contributed by atoms with Gasteiger partial charge in [0.05, 0.1) is 12.2 Å². The molecule has 0 saturated carbocycles. The zero-order valence-electron chi connectivity index (χ0n) is 9.01. The van der Waals surface area contributed by atoms with Crippen molar-refractivity contribution in [2.24, 2.45) is 0 Å². The number of aliphatic hydroxyl groups is 2. The van der Waals surface area contributed by atoms with Crippen molar-refractivity contribution in [1.29, 1.82) is 0 Å². The van der Waals surface area contributed by atoms with Crippen molar-refractivity contribution < 1.29 is 19.7 Å². The summed E-state index contributed by atoms with van der Waals surface area (Å²) < 4.78 is 5.06. The van der Waals surface area contributed by atoms with Crippen LogP contribution in [0.15, 0.2) is 18.2 Å². The predicted molar refractivity (Wildman–Crippen MR) is 57.2 cm³/mol. The first kappa shape index (κ1) is 11.1. The number of hydrogen-bond donors (Lipinski definition) is 2. The highest BCUT2D eigenvalue weighted by Crippen LogP contribution is 2.30. The second-order valence-electron chi connectivity index (χ2n) is 4.03. The largest absolute Gasteiger partial charge is 0.426 e. The van der Waals surface area contributed by atoms with E-state index in [-0.39, 0.29) is 5.97 Å². The standard InChI is InChI=1S/C12H14O4/c1-7(13)16-12-4-2-3-8-5-10(14)11(15)6-9(8)12/h2-4,10-11,14-15H,5-6H2,1H3/t10-,11-/m1/s1. The fourth-order valence-corrected chi connectivity index (χ4v) is 1.99. The molecule has 1 aliphatic rings. The summed E-state index contributed by atoms with van der Waals surface area (Å²) in [4.78, 5) is 10.9. The van der Waals surface area contributed by atoms with Crippen molar-refractivity contribution in [1.82, 2.24) is 0 Å². The zero-order valence-corrected chi connectivity index (χ0v) is 9.01. The van der Waals surface area contributed by atoms with Gasteiger partial charge in [0.1, 0.15) is 5.75 Å². The Morgan fingerprint density at radius 1 is 1.31 bits per heavy atom. The maximum absolute atomic E-state index is 10.9. The van der Waals surface area contributed by atoms with Crippen molar-refractivity contribution in [3.05, 3.63) is 29.3 Å². The predicted octanol–water partition coefficient (Wildman–Crippen LogP) is 0.432. The zero-order chi connectivity index (χ0) is 11.7. The maximum Gasteiger partial charge on any atom is 0.308 e. The number of fused-ring (bicyclic) bond motifs is 1. The van der Waals surface area contributed by atoms with Gasteiger partial charge in [-0.2, -0.15) is 0 Å². The van der Waals surface area contributed by atoms with Gasteiger partial charge in [-0.25, -0.2) is 0 Å². The van der Waals surface area contributed by atoms with E-state index in [4.69, 9.17) is 4.74 Å². The van der Waals surface area contributed by atoms with Gasteiger partial charge in [-0.15, -0.1) is 0 Å². The summed E-state index contributed by atoms with van der Waals surface area (Å²) in [6.45, 7) is 1.34. The summed E-state index contributed by atoms with van der Waals surface area (Å²) in [5, 5.41) is 19.1. The lowest BCUT2D eigenvalue weighted by molar-refractivity contribution is -0.132. The quantitative estimate of drug-likeness (QED) is 0.534. The van der Waals surface area contributed by atoms with E-state index in [1.165, 1.54) is 6.92 Å². The molecule has 0 saturated heterocycles. The van der Waals surface area contributed by atoms with Gasteiger partial charge >= 0.3 is 5.97 Å². The lowest BCUT2D eigenvalue weighted by atomic mass is 9.87. The minimum Gasteiger partial charge on any atom is -0.426 e. The molecule has 1 aliphatic carbocycles. The molecule has 0 aromatic heterocycles. The van der Waals surface area contributed by atoms with Crippen LogP contribution in [0.5, 0.6) is 5.75 Å². The average molecular weight is 222 g/mol. The van der Waals surface area contributed by atoms with Gasteiger partial charge < -0.3 is 14.9 Å². The lowest BCUT2D eigenvalue weighted by Crippen LogP contribution is -2.34. The van der Waals surface area contributed by atoms with E-state index < -0.39 is 12.2 Å². The molecule has 0 unspecified atom stereocenters. The third-order valence-corrected chi connectivity index (χ3v) is 2.77. The van der Waals surface area contributed by atoms with Gasteiger partial charge in [-0.3, -0.25) is 4.79 Å². The summed E-state index contributed by atoms with van der Waals surface area (Å²) in [6.07, 6.45) is -0.810. The Bertz CT molecular complexity index is 413. The molecule has 1 aromatic rings. The van der Waals surface area contributed by atoms with Gasteiger partial charge in [0.25, 0.3) is 0 Å². The van der Waals surface area contributed by atoms with Gasteiger partial charge in [-0.05, 0) is 11.6 Å². The molecule has 1 aromatic carbocycles. The topological polar surface area (TPSA) is 66.8 Å². The fourth-order valence-electron chi connectivity index (χ4n) is 1.99. The van der Waals surface area contributed by atoms with E-state index in [1.807, 2.05) is 6.07 Å². The van der Waals surface area contributed by atoms with E-state index in [9.17, 15) is 15.0 Å². The molecule has 0 bridgehead atoms. The molecular formula is C12H14O4. The summed E-state index contributed by atoms with van der Waals surface area (Å²) in [5.41, 5.74) is 1.74. The van der Waals surface area contributed by atoms with Crippen LogP contribution in [-0.4, -0.2) is 28.4 Å². The summed E-state index contributed by atoms with van der Waals surface area (Å²) in [5.74, 6) is 0.102. The minimum atomic E-state index is -0.788. The number of hydrogen-bond acceptors (Lipinski definition) is 4. The van der Waals surface area contributed by atoms with Crippen molar-refractivity contribution in [3.63, 3.8) is 0 Å². The molecule has 86 valence electrons. The van der Waals surface area contributed by atoms with Crippen LogP contribution in [0.3, 0.4) is 0 Å². The molecule has 4 nitrogen and oxygen atoms in total. The molecule has 0 heterocycles. The molecule has 0 radical (unpaired) electrons. The second-order valence-corrected chi connectivity index (χ2v) is 4.03. The monoisotopic (exact) mass is 222 g/mol. The van der Waals surface area contributed by atoms with Gasteiger partial charge in [0.15, 0.2) is 0 Å². The molecule has 2 atom stereocenters. The SMILES string of the molecule is CC(=O)Oc1cccc2c1C[C@@H](O)[C@H](O)C2. The lowest BCUT2D eigenvalue weighted by Gasteiger charge is -2.27. The molecule has 2 rings (SSSR count). The van der Waals surface area contributed by atoms with Gasteiger partial charge in [0.2, 0.25) is 0 Å². The number of aliphatic hydroxyl groups excluding tert-OH is 2. The summed E-state index contributed by atoms with van der Waals surface area (Å²) >= 11 is 0. The first-order valence-electron chi connectivity index (χ1n) is 5.23. The van der Waals surface area contributed by atoms with Crippen LogP contribution in [0.1, 0.15) is 18.1 Å². The molecule has 0 amide bonds. The Balaban J connectivity index is 2.36. The number of rotatable bonds is 1. The van der Waals surface area contributed by atoms with Crippen molar-refractivity contribution in [3.8, 4) is 5.75 Å². The summed E-state index contributed by atoms with van der Waals surface area (Å²) in [7, 11) is 0. The van der Waals surface area contributed by atoms with E-state index >= 15 is 0 Å². The summed E-state index contributed by atoms with van der Waals surface area (Å²) in [6, 6.07) is 5.35. The first-order valence-corrected chi connectivity index (χ1v) is 5.23. The van der Waals surface area contributed by atoms with E-state index in [1.54, 1.807) is 12.1 Å². The minimum absolute atomic E-state index is 0.319. The highest BCUT2D eigenvalue weighted by molar-refractivity contribution is 5.70. The van der Waals surface area contributed by atoms with E-state index in [0.717, 1.165) is 11.1 Å². The number of ether oxygens (including phenoxy) is 1. The highest BCUT2D eigenvalue weighted by Gasteiger charge is 2.27. The molecule has 0 aliphatic heterocycles. The van der Waals surface area contributed by atoms with Crippen molar-refractivity contribution >= 4 is 5.97 Å². The number of esters is 1. The van der Waals surface area contributed by atoms with Gasteiger partial charge in [0, 0.05) is 25.3 Å². The van der Waals surface area contributed by atoms with E-state index in [2.05, 4.69) is 0 Å². The fraction of sp³-hybridized carbons (Fsp3) is 0.417. The second kappa shape index (κ2) is 4.23.